The largest absolute Gasteiger partial charge is 0.326 e. The summed E-state index contributed by atoms with van der Waals surface area (Å²) in [6.07, 6.45) is 3.94. The smallest absolute Gasteiger partial charge is 0.0591 e. The summed E-state index contributed by atoms with van der Waals surface area (Å²) in [4.78, 5) is 3.56. The summed E-state index contributed by atoms with van der Waals surface area (Å²) in [6, 6.07) is 2.45. The van der Waals surface area contributed by atoms with Gasteiger partial charge in [-0.05, 0) is 36.0 Å². The maximum Gasteiger partial charge on any atom is 0.0591 e. The minimum atomic E-state index is 0.0761. The van der Waals surface area contributed by atoms with Crippen molar-refractivity contribution in [1.29, 1.82) is 0 Å². The van der Waals surface area contributed by atoms with Crippen LogP contribution in [0.3, 0.4) is 0 Å². The Bertz CT molecular complexity index is 534. The Labute approximate surface area is 126 Å². The van der Waals surface area contributed by atoms with Gasteiger partial charge >= 0.3 is 0 Å². The maximum absolute atomic E-state index is 6.17. The fourth-order valence-corrected chi connectivity index (χ4v) is 4.03. The minimum absolute atomic E-state index is 0.0761. The summed E-state index contributed by atoms with van der Waals surface area (Å²) < 4.78 is 2.94. The Morgan fingerprint density at radius 1 is 1.58 bits per heavy atom. The molecule has 0 aliphatic carbocycles. The van der Waals surface area contributed by atoms with Gasteiger partial charge in [-0.2, -0.15) is 5.10 Å². The number of aryl methyl sites for hydroxylation is 1. The molecule has 2 heterocycles. The Balaban J connectivity index is 2.15. The van der Waals surface area contributed by atoms with Crippen LogP contribution in [-0.2, 0) is 13.6 Å². The highest BCUT2D eigenvalue weighted by Gasteiger charge is 2.23. The van der Waals surface area contributed by atoms with Crippen molar-refractivity contribution in [3.05, 3.63) is 38.8 Å². The molecule has 2 rings (SSSR count). The lowest BCUT2D eigenvalue weighted by Gasteiger charge is -2.30. The van der Waals surface area contributed by atoms with E-state index >= 15 is 0 Å². The number of hydrogen-bond donors (Lipinski definition) is 1. The van der Waals surface area contributed by atoms with Gasteiger partial charge in [-0.1, -0.05) is 0 Å². The molecular formula is C13H19BrN4S. The molecule has 0 aliphatic rings. The Morgan fingerprint density at radius 3 is 2.79 bits per heavy atom. The first-order valence-electron chi connectivity index (χ1n) is 6.14. The van der Waals surface area contributed by atoms with Gasteiger partial charge < -0.3 is 5.73 Å². The number of halogens is 1. The third-order valence-electron chi connectivity index (χ3n) is 3.04. The van der Waals surface area contributed by atoms with Gasteiger partial charge in [0.05, 0.1) is 12.2 Å². The number of thiophene rings is 1. The number of nitrogens with two attached hydrogens (primary N) is 1. The maximum atomic E-state index is 6.17. The zero-order valence-electron chi connectivity index (χ0n) is 11.4. The van der Waals surface area contributed by atoms with Gasteiger partial charge in [-0.15, -0.1) is 11.3 Å². The van der Waals surface area contributed by atoms with Crippen molar-refractivity contribution in [3.8, 4) is 0 Å². The molecule has 19 heavy (non-hydrogen) atoms. The van der Waals surface area contributed by atoms with Crippen molar-refractivity contribution >= 4 is 27.3 Å². The number of hydrogen-bond acceptors (Lipinski definition) is 4. The van der Waals surface area contributed by atoms with Crippen LogP contribution in [-0.4, -0.2) is 27.8 Å². The highest BCUT2D eigenvalue weighted by Crippen LogP contribution is 2.31. The van der Waals surface area contributed by atoms with Crippen LogP contribution in [0.4, 0.5) is 0 Å². The van der Waals surface area contributed by atoms with Crippen molar-refractivity contribution in [1.82, 2.24) is 14.7 Å². The average molecular weight is 343 g/mol. The summed E-state index contributed by atoms with van der Waals surface area (Å²) in [6.45, 7) is 2.90. The molecule has 0 bridgehead atoms. The summed E-state index contributed by atoms with van der Waals surface area (Å²) in [7, 11) is 4.04. The van der Waals surface area contributed by atoms with Crippen LogP contribution in [0.5, 0.6) is 0 Å². The molecule has 0 fully saturated rings. The Kier molecular flexibility index (Phi) is 4.78. The number of rotatable bonds is 5. The van der Waals surface area contributed by atoms with Gasteiger partial charge in [-0.3, -0.25) is 9.58 Å². The van der Waals surface area contributed by atoms with Gasteiger partial charge in [0.2, 0.25) is 0 Å². The molecule has 0 radical (unpaired) electrons. The van der Waals surface area contributed by atoms with Gasteiger partial charge in [0, 0.05) is 46.1 Å². The lowest BCUT2D eigenvalue weighted by Crippen LogP contribution is -2.36. The molecule has 0 aromatic carbocycles. The van der Waals surface area contributed by atoms with Crippen molar-refractivity contribution < 1.29 is 0 Å². The second-order valence-corrected chi connectivity index (χ2v) is 6.77. The van der Waals surface area contributed by atoms with Crippen molar-refractivity contribution in [3.63, 3.8) is 0 Å². The van der Waals surface area contributed by atoms with E-state index in [2.05, 4.69) is 51.3 Å². The molecule has 0 amide bonds. The van der Waals surface area contributed by atoms with E-state index in [0.29, 0.717) is 0 Å². The summed E-state index contributed by atoms with van der Waals surface area (Å²) >= 11 is 5.25. The fraction of sp³-hybridized carbons (Fsp3) is 0.462. The molecular weight excluding hydrogens is 324 g/mol. The van der Waals surface area contributed by atoms with Crippen LogP contribution in [0.15, 0.2) is 28.3 Å². The van der Waals surface area contributed by atoms with E-state index in [1.807, 2.05) is 24.1 Å². The van der Waals surface area contributed by atoms with Gasteiger partial charge in [0.1, 0.15) is 0 Å². The van der Waals surface area contributed by atoms with Gasteiger partial charge in [-0.25, -0.2) is 0 Å². The normalized spacial score (nSPS) is 14.8. The molecule has 0 saturated carbocycles. The molecule has 0 spiro atoms. The Morgan fingerprint density at radius 2 is 2.32 bits per heavy atom. The molecule has 2 aromatic heterocycles. The van der Waals surface area contributed by atoms with Crippen LogP contribution in [0.2, 0.25) is 0 Å². The van der Waals surface area contributed by atoms with Crippen molar-refractivity contribution in [2.24, 2.45) is 12.8 Å². The van der Waals surface area contributed by atoms with Crippen molar-refractivity contribution in [2.45, 2.75) is 25.6 Å². The summed E-state index contributed by atoms with van der Waals surface area (Å²) in [5.74, 6) is 0. The minimum Gasteiger partial charge on any atom is -0.326 e. The highest BCUT2D eigenvalue weighted by molar-refractivity contribution is 9.10. The first-order valence-corrected chi connectivity index (χ1v) is 7.82. The van der Waals surface area contributed by atoms with Crippen molar-refractivity contribution in [2.75, 3.05) is 7.05 Å². The second-order valence-electron chi connectivity index (χ2n) is 4.91. The van der Waals surface area contributed by atoms with Crippen LogP contribution in [0.1, 0.15) is 23.4 Å². The topological polar surface area (TPSA) is 47.1 Å². The summed E-state index contributed by atoms with van der Waals surface area (Å²) in [5.41, 5.74) is 7.37. The third-order valence-corrected chi connectivity index (χ3v) is 4.81. The zero-order valence-corrected chi connectivity index (χ0v) is 13.8. The predicted molar refractivity (Wildman–Crippen MR) is 83.1 cm³/mol. The molecule has 104 valence electrons. The molecule has 2 N–H and O–H groups in total. The van der Waals surface area contributed by atoms with Crippen LogP contribution in [0.25, 0.3) is 0 Å². The molecule has 6 heteroatoms. The SMILES string of the molecule is CC(N)C(c1cc(Br)cs1)N(C)Cc1cnn(C)c1. The zero-order chi connectivity index (χ0) is 14.0. The molecule has 2 unspecified atom stereocenters. The van der Waals surface area contributed by atoms with Crippen LogP contribution in [0, 0.1) is 0 Å². The third kappa shape index (κ3) is 3.66. The molecule has 2 atom stereocenters. The number of aromatic nitrogens is 2. The van der Waals surface area contributed by atoms with Crippen LogP contribution < -0.4 is 5.73 Å². The van der Waals surface area contributed by atoms with E-state index in [1.54, 1.807) is 11.3 Å². The van der Waals surface area contributed by atoms with E-state index in [9.17, 15) is 0 Å². The van der Waals surface area contributed by atoms with E-state index in [-0.39, 0.29) is 12.1 Å². The van der Waals surface area contributed by atoms with E-state index < -0.39 is 0 Å². The number of likely N-dealkylation sites (N-methyl/N-ethyl adjacent to an activating group) is 1. The molecule has 4 nitrogen and oxygen atoms in total. The lowest BCUT2D eigenvalue weighted by molar-refractivity contribution is 0.214. The lowest BCUT2D eigenvalue weighted by atomic mass is 10.1. The van der Waals surface area contributed by atoms with Gasteiger partial charge in [0.15, 0.2) is 0 Å². The first kappa shape index (κ1) is 14.7. The van der Waals surface area contributed by atoms with E-state index in [4.69, 9.17) is 5.73 Å². The summed E-state index contributed by atoms with van der Waals surface area (Å²) in [5, 5.41) is 6.30. The second kappa shape index (κ2) is 6.17. The van der Waals surface area contributed by atoms with Gasteiger partial charge in [0.25, 0.3) is 0 Å². The average Bonchev–Trinajstić information content (AvgIpc) is 2.88. The molecule has 0 saturated heterocycles. The van der Waals surface area contributed by atoms with E-state index in [0.717, 1.165) is 11.0 Å². The fourth-order valence-electron chi connectivity index (χ4n) is 2.30. The molecule has 2 aromatic rings. The highest BCUT2D eigenvalue weighted by atomic mass is 79.9. The molecule has 0 aliphatic heterocycles. The number of nitrogens with zero attached hydrogens (tertiary/aromatic N) is 3. The quantitative estimate of drug-likeness (QED) is 0.908. The monoisotopic (exact) mass is 342 g/mol. The Hall–Kier alpha value is -0.690. The predicted octanol–water partition coefficient (Wildman–Crippen LogP) is 2.76. The first-order chi connectivity index (χ1) is 8.97. The standard InChI is InChI=1S/C13H19BrN4S/c1-9(15)13(12-4-11(14)8-19-12)17(2)6-10-5-16-18(3)7-10/h4-5,7-9,13H,6,15H2,1-3H3. The van der Waals surface area contributed by atoms with Crippen LogP contribution >= 0.6 is 27.3 Å². The van der Waals surface area contributed by atoms with E-state index in [1.165, 1.54) is 10.4 Å².